The molecular weight excluding hydrogens is 382 g/mol. The summed E-state index contributed by atoms with van der Waals surface area (Å²) in [5.74, 6) is 1.13. The molecule has 0 radical (unpaired) electrons. The van der Waals surface area contributed by atoms with Gasteiger partial charge in [0.15, 0.2) is 11.5 Å². The first-order valence-electron chi connectivity index (χ1n) is 10.2. The lowest BCUT2D eigenvalue weighted by molar-refractivity contribution is -0.117. The van der Waals surface area contributed by atoms with Crippen molar-refractivity contribution in [3.8, 4) is 11.5 Å². The van der Waals surface area contributed by atoms with E-state index in [-0.39, 0.29) is 24.4 Å². The van der Waals surface area contributed by atoms with Crippen molar-refractivity contribution in [2.24, 2.45) is 0 Å². The fourth-order valence-corrected chi connectivity index (χ4v) is 3.57. The molecule has 1 saturated heterocycles. The van der Waals surface area contributed by atoms with Gasteiger partial charge < -0.3 is 19.7 Å². The molecule has 7 nitrogen and oxygen atoms in total. The van der Waals surface area contributed by atoms with Crippen molar-refractivity contribution in [3.63, 3.8) is 0 Å². The van der Waals surface area contributed by atoms with Crippen LogP contribution in [-0.4, -0.2) is 45.3 Å². The summed E-state index contributed by atoms with van der Waals surface area (Å²) in [6, 6.07) is 14.5. The molecule has 0 unspecified atom stereocenters. The SMILES string of the molecule is CCCCN(C(=O)N[C@H]1CC(=O)N(c2ccc(OC)c(OC)c2)C1)c1ccccc1. The molecule has 2 aromatic carbocycles. The highest BCUT2D eigenvalue weighted by molar-refractivity contribution is 5.98. The normalized spacial score (nSPS) is 15.8. The predicted molar refractivity (Wildman–Crippen MR) is 118 cm³/mol. The van der Waals surface area contributed by atoms with E-state index in [9.17, 15) is 9.59 Å². The number of ether oxygens (including phenoxy) is 2. The lowest BCUT2D eigenvalue weighted by Gasteiger charge is -2.25. The zero-order valence-corrected chi connectivity index (χ0v) is 17.8. The Hall–Kier alpha value is -3.22. The van der Waals surface area contributed by atoms with Crippen molar-refractivity contribution < 1.29 is 19.1 Å². The van der Waals surface area contributed by atoms with Gasteiger partial charge in [-0.05, 0) is 30.7 Å². The van der Waals surface area contributed by atoms with Crippen molar-refractivity contribution in [2.75, 3.05) is 37.1 Å². The topological polar surface area (TPSA) is 71.1 Å². The van der Waals surface area contributed by atoms with Crippen LogP contribution in [-0.2, 0) is 4.79 Å². The van der Waals surface area contributed by atoms with Crippen LogP contribution >= 0.6 is 0 Å². The zero-order valence-electron chi connectivity index (χ0n) is 17.8. The molecule has 3 rings (SSSR count). The summed E-state index contributed by atoms with van der Waals surface area (Å²) in [4.78, 5) is 29.0. The van der Waals surface area contributed by atoms with E-state index in [0.29, 0.717) is 24.6 Å². The summed E-state index contributed by atoms with van der Waals surface area (Å²) in [6.45, 7) is 3.14. The Kier molecular flexibility index (Phi) is 7.17. The van der Waals surface area contributed by atoms with Gasteiger partial charge in [-0.2, -0.15) is 0 Å². The number of methoxy groups -OCH3 is 2. The Morgan fingerprint density at radius 1 is 1.13 bits per heavy atom. The van der Waals surface area contributed by atoms with E-state index < -0.39 is 0 Å². The van der Waals surface area contributed by atoms with Gasteiger partial charge in [0.25, 0.3) is 0 Å². The number of urea groups is 1. The van der Waals surface area contributed by atoms with Crippen LogP contribution in [0.15, 0.2) is 48.5 Å². The van der Waals surface area contributed by atoms with Crippen molar-refractivity contribution in [3.05, 3.63) is 48.5 Å². The predicted octanol–water partition coefficient (Wildman–Crippen LogP) is 3.83. The second-order valence-electron chi connectivity index (χ2n) is 7.23. The Morgan fingerprint density at radius 3 is 2.53 bits per heavy atom. The third-order valence-corrected chi connectivity index (χ3v) is 5.18. The summed E-state index contributed by atoms with van der Waals surface area (Å²) >= 11 is 0. The maximum Gasteiger partial charge on any atom is 0.322 e. The van der Waals surface area contributed by atoms with Gasteiger partial charge >= 0.3 is 6.03 Å². The quantitative estimate of drug-likeness (QED) is 0.717. The average molecular weight is 412 g/mol. The first-order chi connectivity index (χ1) is 14.6. The van der Waals surface area contributed by atoms with E-state index in [1.54, 1.807) is 36.2 Å². The van der Waals surface area contributed by atoms with Gasteiger partial charge in [-0.15, -0.1) is 0 Å². The van der Waals surface area contributed by atoms with Gasteiger partial charge in [0, 0.05) is 37.0 Å². The second-order valence-corrected chi connectivity index (χ2v) is 7.23. The monoisotopic (exact) mass is 411 g/mol. The Bertz CT molecular complexity index is 872. The Labute approximate surface area is 177 Å². The van der Waals surface area contributed by atoms with Crippen LogP contribution in [0.1, 0.15) is 26.2 Å². The first kappa shape index (κ1) is 21.5. The highest BCUT2D eigenvalue weighted by atomic mass is 16.5. The number of nitrogens with zero attached hydrogens (tertiary/aromatic N) is 2. The van der Waals surface area contributed by atoms with Crippen LogP contribution in [0, 0.1) is 0 Å². The highest BCUT2D eigenvalue weighted by Crippen LogP contribution is 2.33. The third kappa shape index (κ3) is 4.84. The zero-order chi connectivity index (χ0) is 21.5. The maximum absolute atomic E-state index is 13.0. The highest BCUT2D eigenvalue weighted by Gasteiger charge is 2.33. The molecule has 3 amide bonds. The molecule has 1 heterocycles. The summed E-state index contributed by atoms with van der Waals surface area (Å²) in [5, 5.41) is 3.04. The second kappa shape index (κ2) is 10.0. The molecule has 1 fully saturated rings. The van der Waals surface area contributed by atoms with Crippen LogP contribution in [0.25, 0.3) is 0 Å². The van der Waals surface area contributed by atoms with Crippen molar-refractivity contribution in [1.82, 2.24) is 5.32 Å². The van der Waals surface area contributed by atoms with Gasteiger partial charge in [-0.3, -0.25) is 9.69 Å². The fraction of sp³-hybridized carbons (Fsp3) is 0.391. The summed E-state index contributed by atoms with van der Waals surface area (Å²) in [6.07, 6.45) is 2.16. The molecule has 1 N–H and O–H groups in total. The number of unbranched alkanes of at least 4 members (excludes halogenated alkanes) is 1. The lowest BCUT2D eigenvalue weighted by Crippen LogP contribution is -2.46. The molecular formula is C23H29N3O4. The minimum Gasteiger partial charge on any atom is -0.493 e. The molecule has 0 aromatic heterocycles. The number of anilines is 2. The molecule has 1 aliphatic rings. The molecule has 1 atom stereocenters. The average Bonchev–Trinajstić information content (AvgIpc) is 3.14. The number of rotatable bonds is 8. The number of benzene rings is 2. The van der Waals surface area contributed by atoms with Crippen molar-refractivity contribution >= 4 is 23.3 Å². The minimum absolute atomic E-state index is 0.0349. The van der Waals surface area contributed by atoms with E-state index >= 15 is 0 Å². The number of carbonyl (C=O) groups excluding carboxylic acids is 2. The molecule has 0 bridgehead atoms. The first-order valence-corrected chi connectivity index (χ1v) is 10.2. The van der Waals surface area contributed by atoms with Gasteiger partial charge in [-0.1, -0.05) is 31.5 Å². The van der Waals surface area contributed by atoms with E-state index in [1.165, 1.54) is 0 Å². The third-order valence-electron chi connectivity index (χ3n) is 5.18. The van der Waals surface area contributed by atoms with Gasteiger partial charge in [0.05, 0.1) is 20.3 Å². The number of para-hydroxylation sites is 1. The molecule has 1 aliphatic heterocycles. The largest absolute Gasteiger partial charge is 0.493 e. The van der Waals surface area contributed by atoms with E-state index in [1.807, 2.05) is 36.4 Å². The molecule has 2 aromatic rings. The van der Waals surface area contributed by atoms with Crippen LogP contribution in [0.5, 0.6) is 11.5 Å². The number of hydrogen-bond donors (Lipinski definition) is 1. The summed E-state index contributed by atoms with van der Waals surface area (Å²) in [7, 11) is 3.13. The lowest BCUT2D eigenvalue weighted by atomic mass is 10.2. The summed E-state index contributed by atoms with van der Waals surface area (Å²) < 4.78 is 10.6. The van der Waals surface area contributed by atoms with E-state index in [0.717, 1.165) is 24.2 Å². The Balaban J connectivity index is 1.70. The van der Waals surface area contributed by atoms with Crippen molar-refractivity contribution in [2.45, 2.75) is 32.2 Å². The number of hydrogen-bond acceptors (Lipinski definition) is 4. The van der Waals surface area contributed by atoms with Gasteiger partial charge in [0.2, 0.25) is 5.91 Å². The molecule has 0 aliphatic carbocycles. The van der Waals surface area contributed by atoms with Crippen LogP contribution in [0.2, 0.25) is 0 Å². The van der Waals surface area contributed by atoms with E-state index in [2.05, 4.69) is 12.2 Å². The van der Waals surface area contributed by atoms with Crippen LogP contribution in [0.4, 0.5) is 16.2 Å². The van der Waals surface area contributed by atoms with Gasteiger partial charge in [-0.25, -0.2) is 4.79 Å². The Morgan fingerprint density at radius 2 is 1.87 bits per heavy atom. The molecule has 7 heteroatoms. The molecule has 30 heavy (non-hydrogen) atoms. The van der Waals surface area contributed by atoms with E-state index in [4.69, 9.17) is 9.47 Å². The number of carbonyl (C=O) groups is 2. The number of nitrogens with one attached hydrogen (secondary N) is 1. The molecule has 0 spiro atoms. The standard InChI is InChI=1S/C23H29N3O4/c1-4-5-13-25(18-9-7-6-8-10-18)23(28)24-17-14-22(27)26(16-17)19-11-12-20(29-2)21(15-19)30-3/h6-12,15,17H,4-5,13-14,16H2,1-3H3,(H,24,28)/t17-/m0/s1. The van der Waals surface area contributed by atoms with Gasteiger partial charge in [0.1, 0.15) is 0 Å². The smallest absolute Gasteiger partial charge is 0.322 e. The van der Waals surface area contributed by atoms with Crippen LogP contribution in [0.3, 0.4) is 0 Å². The fourth-order valence-electron chi connectivity index (χ4n) is 3.57. The maximum atomic E-state index is 13.0. The molecule has 0 saturated carbocycles. The van der Waals surface area contributed by atoms with Crippen LogP contribution < -0.4 is 24.6 Å². The summed E-state index contributed by atoms with van der Waals surface area (Å²) in [5.41, 5.74) is 1.57. The minimum atomic E-state index is -0.258. The van der Waals surface area contributed by atoms with Crippen molar-refractivity contribution in [1.29, 1.82) is 0 Å². The number of amides is 3. The molecule has 160 valence electrons.